The SMILES string of the molecule is C=CC(=O)CCO[Si](OC)(OC)OC. The summed E-state index contributed by atoms with van der Waals surface area (Å²) in [5, 5.41) is 0. The zero-order valence-corrected chi connectivity index (χ0v) is 9.74. The molecule has 6 heteroatoms. The van der Waals surface area contributed by atoms with E-state index < -0.39 is 9.05 Å². The van der Waals surface area contributed by atoms with Crippen molar-refractivity contribution in [3.8, 4) is 0 Å². The molecule has 0 heterocycles. The van der Waals surface area contributed by atoms with E-state index in [9.17, 15) is 4.79 Å². The molecule has 0 spiro atoms. The molecule has 0 amide bonds. The van der Waals surface area contributed by atoms with Gasteiger partial charge in [0.15, 0.2) is 5.78 Å². The summed E-state index contributed by atoms with van der Waals surface area (Å²) in [5.41, 5.74) is 0. The molecule has 0 unspecified atom stereocenters. The van der Waals surface area contributed by atoms with E-state index in [-0.39, 0.29) is 18.8 Å². The molecule has 0 bridgehead atoms. The second-order valence-corrected chi connectivity index (χ2v) is 4.89. The Labute approximate surface area is 85.1 Å². The van der Waals surface area contributed by atoms with E-state index in [0.29, 0.717) is 0 Å². The van der Waals surface area contributed by atoms with Crippen LogP contribution in [0, 0.1) is 0 Å². The Balaban J connectivity index is 3.94. The largest absolute Gasteiger partial charge is 0.678 e. The van der Waals surface area contributed by atoms with E-state index >= 15 is 0 Å². The van der Waals surface area contributed by atoms with E-state index in [0.717, 1.165) is 0 Å². The van der Waals surface area contributed by atoms with Crippen molar-refractivity contribution in [2.45, 2.75) is 6.42 Å². The highest BCUT2D eigenvalue weighted by Crippen LogP contribution is 2.08. The molecule has 0 aliphatic heterocycles. The zero-order chi connectivity index (χ0) is 11.0. The average molecular weight is 220 g/mol. The number of rotatable bonds is 8. The second-order valence-electron chi connectivity index (χ2n) is 2.38. The third-order valence-corrected chi connectivity index (χ3v) is 3.66. The molecule has 0 saturated carbocycles. The first-order valence-corrected chi connectivity index (χ1v) is 5.72. The van der Waals surface area contributed by atoms with Crippen molar-refractivity contribution in [2.75, 3.05) is 27.9 Å². The standard InChI is InChI=1S/C8H16O5Si/c1-5-8(9)6-7-13-14(10-2,11-3)12-4/h5H,1,6-7H2,2-4H3. The highest BCUT2D eigenvalue weighted by molar-refractivity contribution is 6.53. The lowest BCUT2D eigenvalue weighted by Crippen LogP contribution is -2.46. The van der Waals surface area contributed by atoms with Gasteiger partial charge in [-0.15, -0.1) is 0 Å². The van der Waals surface area contributed by atoms with Gasteiger partial charge in [-0.25, -0.2) is 0 Å². The first-order valence-electron chi connectivity index (χ1n) is 4.08. The fraction of sp³-hybridized carbons (Fsp3) is 0.625. The van der Waals surface area contributed by atoms with Gasteiger partial charge in [0.25, 0.3) is 0 Å². The first-order chi connectivity index (χ1) is 6.64. The van der Waals surface area contributed by atoms with Gasteiger partial charge in [0, 0.05) is 34.4 Å². The molecule has 0 aliphatic rings. The van der Waals surface area contributed by atoms with Crippen LogP contribution in [0.1, 0.15) is 6.42 Å². The quantitative estimate of drug-likeness (QED) is 0.441. The molecule has 5 nitrogen and oxygen atoms in total. The highest BCUT2D eigenvalue weighted by atomic mass is 28.4. The summed E-state index contributed by atoms with van der Waals surface area (Å²) >= 11 is 0. The van der Waals surface area contributed by atoms with Crippen LogP contribution in [-0.2, 0) is 22.5 Å². The number of carbonyl (C=O) groups excluding carboxylic acids is 1. The summed E-state index contributed by atoms with van der Waals surface area (Å²) in [5.74, 6) is -0.0868. The third kappa shape index (κ3) is 4.12. The van der Waals surface area contributed by atoms with Gasteiger partial charge in [-0.2, -0.15) is 0 Å². The van der Waals surface area contributed by atoms with Crippen LogP contribution in [0.15, 0.2) is 12.7 Å². The normalized spacial score (nSPS) is 11.4. The lowest BCUT2D eigenvalue weighted by atomic mass is 10.3. The van der Waals surface area contributed by atoms with Gasteiger partial charge in [0.1, 0.15) is 0 Å². The van der Waals surface area contributed by atoms with Crippen LogP contribution < -0.4 is 0 Å². The van der Waals surface area contributed by atoms with Crippen molar-refractivity contribution < 1.29 is 22.5 Å². The Morgan fingerprint density at radius 1 is 1.29 bits per heavy atom. The van der Waals surface area contributed by atoms with E-state index in [4.69, 9.17) is 17.7 Å². The van der Waals surface area contributed by atoms with Crippen LogP contribution in [0.5, 0.6) is 0 Å². The molecule has 0 saturated heterocycles. The van der Waals surface area contributed by atoms with Crippen LogP contribution >= 0.6 is 0 Å². The van der Waals surface area contributed by atoms with Gasteiger partial charge in [-0.3, -0.25) is 4.79 Å². The Bertz CT molecular complexity index is 182. The number of carbonyl (C=O) groups is 1. The molecule has 0 atom stereocenters. The summed E-state index contributed by atoms with van der Waals surface area (Å²) < 4.78 is 20.2. The van der Waals surface area contributed by atoms with Gasteiger partial charge in [-0.05, 0) is 6.08 Å². The lowest BCUT2D eigenvalue weighted by Gasteiger charge is -2.22. The monoisotopic (exact) mass is 220 g/mol. The van der Waals surface area contributed by atoms with Crippen molar-refractivity contribution >= 4 is 14.8 Å². The van der Waals surface area contributed by atoms with Crippen molar-refractivity contribution in [3.05, 3.63) is 12.7 Å². The number of hydrogen-bond acceptors (Lipinski definition) is 5. The summed E-state index contributed by atoms with van der Waals surface area (Å²) in [6.45, 7) is 3.55. The van der Waals surface area contributed by atoms with Crippen molar-refractivity contribution in [1.82, 2.24) is 0 Å². The molecule has 82 valence electrons. The minimum Gasteiger partial charge on any atom is -0.355 e. The van der Waals surface area contributed by atoms with Crippen LogP contribution in [0.2, 0.25) is 0 Å². The van der Waals surface area contributed by atoms with E-state index in [1.165, 1.54) is 27.4 Å². The molecule has 0 radical (unpaired) electrons. The minimum atomic E-state index is -2.98. The molecule has 0 aliphatic carbocycles. The predicted molar refractivity (Wildman–Crippen MR) is 52.6 cm³/mol. The first kappa shape index (κ1) is 13.5. The minimum absolute atomic E-state index is 0.0868. The maximum Gasteiger partial charge on any atom is 0.678 e. The van der Waals surface area contributed by atoms with Gasteiger partial charge < -0.3 is 17.7 Å². The Morgan fingerprint density at radius 3 is 2.14 bits per heavy atom. The van der Waals surface area contributed by atoms with Crippen molar-refractivity contribution in [3.63, 3.8) is 0 Å². The summed E-state index contributed by atoms with van der Waals surface area (Å²) in [4.78, 5) is 10.9. The molecule has 0 aromatic heterocycles. The van der Waals surface area contributed by atoms with Crippen LogP contribution in [0.25, 0.3) is 0 Å². The predicted octanol–water partition coefficient (Wildman–Crippen LogP) is 0.523. The fourth-order valence-electron chi connectivity index (χ4n) is 0.805. The van der Waals surface area contributed by atoms with E-state index in [2.05, 4.69) is 6.58 Å². The molecule has 14 heavy (non-hydrogen) atoms. The van der Waals surface area contributed by atoms with Crippen LogP contribution in [-0.4, -0.2) is 42.8 Å². The lowest BCUT2D eigenvalue weighted by molar-refractivity contribution is -0.115. The van der Waals surface area contributed by atoms with Crippen LogP contribution in [0.4, 0.5) is 0 Å². The second kappa shape index (κ2) is 6.85. The Kier molecular flexibility index (Phi) is 6.59. The maximum atomic E-state index is 10.9. The molecular formula is C8H16O5Si. The van der Waals surface area contributed by atoms with Crippen molar-refractivity contribution in [2.24, 2.45) is 0 Å². The van der Waals surface area contributed by atoms with Gasteiger partial charge in [0.2, 0.25) is 0 Å². The Morgan fingerprint density at radius 2 is 1.79 bits per heavy atom. The van der Waals surface area contributed by atoms with Gasteiger partial charge in [-0.1, -0.05) is 6.58 Å². The summed E-state index contributed by atoms with van der Waals surface area (Å²) in [7, 11) is 1.33. The molecule has 0 fully saturated rings. The molecule has 0 N–H and O–H groups in total. The van der Waals surface area contributed by atoms with E-state index in [1.54, 1.807) is 0 Å². The average Bonchev–Trinajstić information content (AvgIpc) is 2.25. The topological polar surface area (TPSA) is 54.0 Å². The molecule has 0 aromatic rings. The van der Waals surface area contributed by atoms with E-state index in [1.807, 2.05) is 0 Å². The molecule has 0 aromatic carbocycles. The third-order valence-electron chi connectivity index (χ3n) is 1.60. The number of hydrogen-bond donors (Lipinski definition) is 0. The smallest absolute Gasteiger partial charge is 0.355 e. The maximum absolute atomic E-state index is 10.9. The Hall–Kier alpha value is -0.533. The number of allylic oxidation sites excluding steroid dienone is 1. The number of ketones is 1. The van der Waals surface area contributed by atoms with Crippen molar-refractivity contribution in [1.29, 1.82) is 0 Å². The zero-order valence-electron chi connectivity index (χ0n) is 8.74. The van der Waals surface area contributed by atoms with Crippen LogP contribution in [0.3, 0.4) is 0 Å². The van der Waals surface area contributed by atoms with Gasteiger partial charge in [0.05, 0.1) is 0 Å². The molecule has 0 rings (SSSR count). The fourth-order valence-corrected chi connectivity index (χ4v) is 2.01. The highest BCUT2D eigenvalue weighted by Gasteiger charge is 2.42. The summed E-state index contributed by atoms with van der Waals surface area (Å²) in [6, 6.07) is 0. The van der Waals surface area contributed by atoms with Gasteiger partial charge >= 0.3 is 9.05 Å². The molecular weight excluding hydrogens is 204 g/mol. The summed E-state index contributed by atoms with van der Waals surface area (Å²) in [6.07, 6.45) is 1.49.